The summed E-state index contributed by atoms with van der Waals surface area (Å²) in [7, 11) is 1.96. The minimum Gasteiger partial charge on any atom is -0.333 e. The zero-order valence-electron chi connectivity index (χ0n) is 16.9. The molecule has 29 heavy (non-hydrogen) atoms. The molecule has 0 radical (unpaired) electrons. The number of nitrogens with zero attached hydrogens (tertiary/aromatic N) is 2. The lowest BCUT2D eigenvalue weighted by Crippen LogP contribution is -2.41. The van der Waals surface area contributed by atoms with E-state index in [2.05, 4.69) is 25.1 Å². The molecule has 0 saturated heterocycles. The number of rotatable bonds is 1. The zero-order valence-corrected chi connectivity index (χ0v) is 17.6. The van der Waals surface area contributed by atoms with Gasteiger partial charge in [-0.05, 0) is 84.4 Å². The van der Waals surface area contributed by atoms with Crippen molar-refractivity contribution in [3.63, 3.8) is 0 Å². The summed E-state index contributed by atoms with van der Waals surface area (Å²) in [6.07, 6.45) is 4.31. The van der Waals surface area contributed by atoms with Crippen molar-refractivity contribution in [2.24, 2.45) is 16.8 Å². The van der Waals surface area contributed by atoms with Gasteiger partial charge >= 0.3 is 0 Å². The molecule has 0 N–H and O–H groups in total. The van der Waals surface area contributed by atoms with E-state index in [0.29, 0.717) is 17.8 Å². The van der Waals surface area contributed by atoms with E-state index in [1.807, 2.05) is 30.1 Å². The number of carbonyl (C=O) groups excluding carboxylic acids is 1. The highest BCUT2D eigenvalue weighted by Gasteiger charge is 2.50. The molecular weight excluding hydrogens is 380 g/mol. The van der Waals surface area contributed by atoms with Crippen LogP contribution in [-0.2, 0) is 6.42 Å². The highest BCUT2D eigenvalue weighted by Crippen LogP contribution is 2.55. The van der Waals surface area contributed by atoms with Crippen LogP contribution in [0.3, 0.4) is 0 Å². The molecule has 1 amide bonds. The summed E-state index contributed by atoms with van der Waals surface area (Å²) < 4.78 is 0. The Hall–Kier alpha value is -2.13. The molecule has 0 spiro atoms. The first-order valence-electron chi connectivity index (χ1n) is 10.8. The van der Waals surface area contributed by atoms with Crippen LogP contribution in [-0.4, -0.2) is 29.6 Å². The first-order chi connectivity index (χ1) is 14.0. The fraction of sp³-hybridized carbons (Fsp3) is 0.440. The van der Waals surface area contributed by atoms with Crippen molar-refractivity contribution in [1.29, 1.82) is 0 Å². The van der Waals surface area contributed by atoms with Crippen LogP contribution in [0, 0.1) is 11.8 Å². The molecule has 5 atom stereocenters. The maximum atomic E-state index is 13.4. The molecule has 2 aromatic carbocycles. The van der Waals surface area contributed by atoms with Gasteiger partial charge in [0.1, 0.15) is 0 Å². The van der Waals surface area contributed by atoms with Gasteiger partial charge in [-0.1, -0.05) is 30.7 Å². The van der Waals surface area contributed by atoms with Crippen LogP contribution in [0.4, 0.5) is 5.69 Å². The highest BCUT2D eigenvalue weighted by molar-refractivity contribution is 6.30. The molecule has 6 rings (SSSR count). The average molecular weight is 405 g/mol. The van der Waals surface area contributed by atoms with Gasteiger partial charge in [0.2, 0.25) is 0 Å². The van der Waals surface area contributed by atoms with Gasteiger partial charge < -0.3 is 4.90 Å². The van der Waals surface area contributed by atoms with Gasteiger partial charge in [-0.15, -0.1) is 0 Å². The van der Waals surface area contributed by atoms with Crippen molar-refractivity contribution in [1.82, 2.24) is 4.90 Å². The fourth-order valence-electron chi connectivity index (χ4n) is 6.07. The largest absolute Gasteiger partial charge is 0.333 e. The third kappa shape index (κ3) is 2.56. The number of aryl methyl sites for hydroxylation is 1. The lowest BCUT2D eigenvalue weighted by molar-refractivity contribution is 0.0776. The Balaban J connectivity index is 1.53. The van der Waals surface area contributed by atoms with Gasteiger partial charge in [-0.3, -0.25) is 9.79 Å². The van der Waals surface area contributed by atoms with Crippen molar-refractivity contribution >= 4 is 28.9 Å². The molecular formula is C25H25ClN2O. The van der Waals surface area contributed by atoms with Crippen molar-refractivity contribution in [3.8, 4) is 0 Å². The van der Waals surface area contributed by atoms with Crippen LogP contribution in [0.1, 0.15) is 65.1 Å². The number of benzene rings is 2. The van der Waals surface area contributed by atoms with Crippen LogP contribution in [0.15, 0.2) is 41.4 Å². The zero-order chi connectivity index (χ0) is 19.9. The van der Waals surface area contributed by atoms with Crippen LogP contribution >= 0.6 is 11.6 Å². The topological polar surface area (TPSA) is 32.7 Å². The Morgan fingerprint density at radius 2 is 1.93 bits per heavy atom. The number of carbonyl (C=O) groups is 1. The highest BCUT2D eigenvalue weighted by atomic mass is 35.5. The van der Waals surface area contributed by atoms with E-state index in [9.17, 15) is 4.79 Å². The quantitative estimate of drug-likeness (QED) is 0.596. The maximum absolute atomic E-state index is 13.4. The minimum atomic E-state index is 0.0935. The van der Waals surface area contributed by atoms with E-state index in [4.69, 9.17) is 16.6 Å². The van der Waals surface area contributed by atoms with Crippen LogP contribution in [0.25, 0.3) is 0 Å². The summed E-state index contributed by atoms with van der Waals surface area (Å²) in [5.41, 5.74) is 7.16. The number of halogens is 1. The van der Waals surface area contributed by atoms with E-state index in [1.165, 1.54) is 28.8 Å². The molecule has 2 saturated carbocycles. The monoisotopic (exact) mass is 404 g/mol. The molecule has 2 aliphatic carbocycles. The molecule has 2 aliphatic heterocycles. The van der Waals surface area contributed by atoms with Crippen LogP contribution in [0.2, 0.25) is 5.02 Å². The molecule has 3 nitrogen and oxygen atoms in total. The molecule has 2 unspecified atom stereocenters. The lowest BCUT2D eigenvalue weighted by Gasteiger charge is -2.29. The summed E-state index contributed by atoms with van der Waals surface area (Å²) in [5, 5.41) is 0.774. The fourth-order valence-corrected chi connectivity index (χ4v) is 6.26. The number of hydrogen-bond donors (Lipinski definition) is 0. The van der Waals surface area contributed by atoms with Gasteiger partial charge in [-0.25, -0.2) is 0 Å². The van der Waals surface area contributed by atoms with E-state index >= 15 is 0 Å². The van der Waals surface area contributed by atoms with E-state index in [0.717, 1.165) is 41.5 Å². The molecule has 2 heterocycles. The summed E-state index contributed by atoms with van der Waals surface area (Å²) >= 11 is 6.26. The smallest absolute Gasteiger partial charge is 0.254 e. The minimum absolute atomic E-state index is 0.0935. The second-order valence-electron chi connectivity index (χ2n) is 9.36. The Kier molecular flexibility index (Phi) is 3.78. The predicted octanol–water partition coefficient (Wildman–Crippen LogP) is 5.74. The first kappa shape index (κ1) is 17.7. The first-order valence-corrected chi connectivity index (χ1v) is 11.2. The molecule has 4 aliphatic rings. The number of amides is 1. The molecule has 148 valence electrons. The number of fused-ring (bicyclic) bond motifs is 8. The Bertz CT molecular complexity index is 1070. The number of aliphatic imine (C=N–C) groups is 1. The molecule has 2 bridgehead atoms. The van der Waals surface area contributed by atoms with Gasteiger partial charge in [0.25, 0.3) is 5.91 Å². The van der Waals surface area contributed by atoms with Crippen LogP contribution < -0.4 is 0 Å². The standard InChI is InChI=1S/C25H25ClN2O/c1-13-10-19(13)16-4-3-5-18-23(16)20-12-22(28(2)25(18)29)24-17(20)8-6-14-11-15(26)7-9-21(14)27-24/h3-5,7,9,11,13,17,19-20,22H,6,8,10,12H2,1-2H3/t13-,17?,19?,20-,22+/m0/s1. The third-order valence-corrected chi connectivity index (χ3v) is 7.97. The van der Waals surface area contributed by atoms with E-state index < -0.39 is 0 Å². The van der Waals surface area contributed by atoms with Crippen molar-refractivity contribution < 1.29 is 4.79 Å². The SMILES string of the molecule is C[C@H]1CC1c1cccc2c1[C@H]1C[C@H](C3=Nc4ccc(Cl)cc4CCC31)N(C)C2=O. The molecule has 2 aromatic rings. The Morgan fingerprint density at radius 3 is 2.72 bits per heavy atom. The summed E-state index contributed by atoms with van der Waals surface area (Å²) in [6.45, 7) is 2.32. The predicted molar refractivity (Wildman–Crippen MR) is 117 cm³/mol. The van der Waals surface area contributed by atoms with Crippen molar-refractivity contribution in [2.75, 3.05) is 7.05 Å². The van der Waals surface area contributed by atoms with Crippen molar-refractivity contribution in [2.45, 2.75) is 50.5 Å². The maximum Gasteiger partial charge on any atom is 0.254 e. The second-order valence-corrected chi connectivity index (χ2v) is 9.79. The van der Waals surface area contributed by atoms with Gasteiger partial charge in [0, 0.05) is 29.3 Å². The lowest BCUT2D eigenvalue weighted by atomic mass is 9.79. The summed E-state index contributed by atoms with van der Waals surface area (Å²) in [4.78, 5) is 20.5. The van der Waals surface area contributed by atoms with E-state index in [1.54, 1.807) is 0 Å². The number of hydrogen-bond acceptors (Lipinski definition) is 2. The van der Waals surface area contributed by atoms with Crippen molar-refractivity contribution in [3.05, 3.63) is 63.7 Å². The Morgan fingerprint density at radius 1 is 1.10 bits per heavy atom. The van der Waals surface area contributed by atoms with Gasteiger partial charge in [0.05, 0.1) is 11.7 Å². The molecule has 2 fully saturated rings. The Labute approximate surface area is 176 Å². The van der Waals surface area contributed by atoms with Crippen LogP contribution in [0.5, 0.6) is 0 Å². The summed E-state index contributed by atoms with van der Waals surface area (Å²) in [6, 6.07) is 12.5. The normalized spacial score (nSPS) is 32.0. The molecule has 0 aromatic heterocycles. The van der Waals surface area contributed by atoms with E-state index in [-0.39, 0.29) is 11.9 Å². The second kappa shape index (κ2) is 6.18. The average Bonchev–Trinajstić information content (AvgIpc) is 3.40. The molecule has 4 heteroatoms. The summed E-state index contributed by atoms with van der Waals surface area (Å²) in [5.74, 6) is 2.28. The van der Waals surface area contributed by atoms with Gasteiger partial charge in [-0.2, -0.15) is 0 Å². The third-order valence-electron chi connectivity index (χ3n) is 7.74. The van der Waals surface area contributed by atoms with Gasteiger partial charge in [0.15, 0.2) is 0 Å².